The highest BCUT2D eigenvalue weighted by molar-refractivity contribution is 6.14. The molecule has 1 aliphatic rings. The van der Waals surface area contributed by atoms with Crippen LogP contribution in [0.15, 0.2) is 18.3 Å². The van der Waals surface area contributed by atoms with Crippen LogP contribution in [0.4, 0.5) is 11.5 Å². The Morgan fingerprint density at radius 1 is 1.12 bits per heavy atom. The molecule has 5 heteroatoms. The number of nitrogens with zero attached hydrogens (tertiary/aromatic N) is 2. The van der Waals surface area contributed by atoms with Gasteiger partial charge in [-0.2, -0.15) is 0 Å². The Morgan fingerprint density at radius 3 is 2.25 bits per heavy atom. The molecule has 2 rings (SSSR count). The molecule has 0 saturated carbocycles. The van der Waals surface area contributed by atoms with Crippen LogP contribution in [0.25, 0.3) is 0 Å². The van der Waals surface area contributed by atoms with Crippen LogP contribution in [0, 0.1) is 0 Å². The minimum Gasteiger partial charge on any atom is -0.397 e. The molecule has 1 fully saturated rings. The van der Waals surface area contributed by atoms with E-state index in [0.717, 1.165) is 17.7 Å². The van der Waals surface area contributed by atoms with E-state index >= 15 is 0 Å². The molecule has 2 heterocycles. The monoisotopic (exact) mass is 219 g/mol. The number of nitrogen functional groups attached to an aromatic ring is 1. The van der Waals surface area contributed by atoms with Crippen molar-refractivity contribution < 1.29 is 9.59 Å². The van der Waals surface area contributed by atoms with Crippen LogP contribution in [0.2, 0.25) is 0 Å². The fraction of sp³-hybridized carbons (Fsp3) is 0.364. The van der Waals surface area contributed by atoms with E-state index in [-0.39, 0.29) is 11.8 Å². The molecule has 0 unspecified atom stereocenters. The maximum Gasteiger partial charge on any atom is 0.234 e. The molecule has 0 atom stereocenters. The summed E-state index contributed by atoms with van der Waals surface area (Å²) >= 11 is 0. The van der Waals surface area contributed by atoms with E-state index in [1.807, 2.05) is 0 Å². The highest BCUT2D eigenvalue weighted by Gasteiger charge is 2.26. The molecule has 16 heavy (non-hydrogen) atoms. The van der Waals surface area contributed by atoms with Crippen LogP contribution in [-0.2, 0) is 9.59 Å². The van der Waals surface area contributed by atoms with Gasteiger partial charge in [0, 0.05) is 12.8 Å². The number of pyridine rings is 1. The van der Waals surface area contributed by atoms with Crippen molar-refractivity contribution in [1.82, 2.24) is 4.98 Å². The lowest BCUT2D eigenvalue weighted by molar-refractivity contribution is -0.125. The predicted octanol–water partition coefficient (Wildman–Crippen LogP) is 1.10. The standard InChI is InChI=1S/C11H13N3O2/c12-8-5-6-9(13-7-8)14-10(15)3-1-2-4-11(14)16/h5-7H,1-4,12H2. The van der Waals surface area contributed by atoms with Crippen LogP contribution in [0.5, 0.6) is 0 Å². The summed E-state index contributed by atoms with van der Waals surface area (Å²) in [7, 11) is 0. The molecular formula is C11H13N3O2. The SMILES string of the molecule is Nc1ccc(N2C(=O)CCCCC2=O)nc1. The van der Waals surface area contributed by atoms with Gasteiger partial charge in [0.15, 0.2) is 0 Å². The third-order valence-electron chi connectivity index (χ3n) is 2.53. The van der Waals surface area contributed by atoms with Crippen molar-refractivity contribution in [3.63, 3.8) is 0 Å². The van der Waals surface area contributed by atoms with E-state index in [4.69, 9.17) is 5.73 Å². The zero-order valence-corrected chi connectivity index (χ0v) is 8.85. The summed E-state index contributed by atoms with van der Waals surface area (Å²) in [6.45, 7) is 0. The first-order valence-corrected chi connectivity index (χ1v) is 5.26. The number of aromatic nitrogens is 1. The molecule has 5 nitrogen and oxygen atoms in total. The summed E-state index contributed by atoms with van der Waals surface area (Å²) in [4.78, 5) is 28.7. The second kappa shape index (κ2) is 4.30. The van der Waals surface area contributed by atoms with Crippen LogP contribution < -0.4 is 10.6 Å². The number of imide groups is 1. The lowest BCUT2D eigenvalue weighted by Gasteiger charge is -2.17. The van der Waals surface area contributed by atoms with Gasteiger partial charge in [-0.1, -0.05) is 0 Å². The Labute approximate surface area is 93.3 Å². The van der Waals surface area contributed by atoms with Crippen molar-refractivity contribution in [3.05, 3.63) is 18.3 Å². The third-order valence-corrected chi connectivity index (χ3v) is 2.53. The third kappa shape index (κ3) is 2.03. The molecule has 0 aliphatic carbocycles. The van der Waals surface area contributed by atoms with Crippen molar-refractivity contribution >= 4 is 23.3 Å². The predicted molar refractivity (Wildman–Crippen MR) is 59.6 cm³/mol. The molecule has 0 aromatic carbocycles. The maximum atomic E-state index is 11.7. The minimum absolute atomic E-state index is 0.181. The lowest BCUT2D eigenvalue weighted by Crippen LogP contribution is -2.35. The van der Waals surface area contributed by atoms with E-state index < -0.39 is 0 Å². The van der Waals surface area contributed by atoms with Gasteiger partial charge in [0.25, 0.3) is 0 Å². The number of anilines is 2. The van der Waals surface area contributed by atoms with Crippen LogP contribution in [0.3, 0.4) is 0 Å². The number of carbonyl (C=O) groups excluding carboxylic acids is 2. The Bertz CT molecular complexity index is 396. The van der Waals surface area contributed by atoms with E-state index in [2.05, 4.69) is 4.98 Å². The Balaban J connectivity index is 2.32. The van der Waals surface area contributed by atoms with E-state index in [0.29, 0.717) is 24.3 Å². The van der Waals surface area contributed by atoms with Gasteiger partial charge < -0.3 is 5.73 Å². The highest BCUT2D eigenvalue weighted by atomic mass is 16.2. The van der Waals surface area contributed by atoms with E-state index in [1.54, 1.807) is 12.1 Å². The zero-order valence-electron chi connectivity index (χ0n) is 8.85. The van der Waals surface area contributed by atoms with Crippen LogP contribution in [-0.4, -0.2) is 16.8 Å². The molecule has 1 aromatic heterocycles. The molecule has 84 valence electrons. The lowest BCUT2D eigenvalue weighted by atomic mass is 10.2. The summed E-state index contributed by atoms with van der Waals surface area (Å²) in [5.74, 6) is 0.00522. The van der Waals surface area contributed by atoms with Gasteiger partial charge in [-0.05, 0) is 25.0 Å². The maximum absolute atomic E-state index is 11.7. The van der Waals surface area contributed by atoms with Gasteiger partial charge in [-0.25, -0.2) is 9.88 Å². The number of nitrogens with two attached hydrogens (primary N) is 1. The first kappa shape index (κ1) is 10.6. The van der Waals surface area contributed by atoms with Gasteiger partial charge in [0.05, 0.1) is 11.9 Å². The summed E-state index contributed by atoms with van der Waals surface area (Å²) in [5, 5.41) is 0. The first-order valence-electron chi connectivity index (χ1n) is 5.26. The van der Waals surface area contributed by atoms with E-state index in [9.17, 15) is 9.59 Å². The van der Waals surface area contributed by atoms with Gasteiger partial charge >= 0.3 is 0 Å². The van der Waals surface area contributed by atoms with Gasteiger partial charge in [-0.15, -0.1) is 0 Å². The van der Waals surface area contributed by atoms with Gasteiger partial charge in [-0.3, -0.25) is 9.59 Å². The van der Waals surface area contributed by atoms with Crippen molar-refractivity contribution in [2.75, 3.05) is 10.6 Å². The van der Waals surface area contributed by atoms with Crippen molar-refractivity contribution in [1.29, 1.82) is 0 Å². The Morgan fingerprint density at radius 2 is 1.75 bits per heavy atom. The zero-order chi connectivity index (χ0) is 11.5. The number of amides is 2. The molecule has 0 bridgehead atoms. The number of rotatable bonds is 1. The summed E-state index contributed by atoms with van der Waals surface area (Å²) in [6, 6.07) is 3.23. The summed E-state index contributed by atoms with van der Waals surface area (Å²) < 4.78 is 0. The molecule has 1 saturated heterocycles. The molecule has 2 N–H and O–H groups in total. The largest absolute Gasteiger partial charge is 0.397 e. The smallest absolute Gasteiger partial charge is 0.234 e. The van der Waals surface area contributed by atoms with Gasteiger partial charge in [0.2, 0.25) is 11.8 Å². The van der Waals surface area contributed by atoms with Crippen LogP contribution in [0.1, 0.15) is 25.7 Å². The molecule has 0 radical (unpaired) electrons. The summed E-state index contributed by atoms with van der Waals surface area (Å²) in [5.41, 5.74) is 6.02. The molecular weight excluding hydrogens is 206 g/mol. The molecule has 2 amide bonds. The minimum atomic E-state index is -0.181. The number of carbonyl (C=O) groups is 2. The molecule has 1 aromatic rings. The average molecular weight is 219 g/mol. The number of hydrogen-bond donors (Lipinski definition) is 1. The normalized spacial score (nSPS) is 17.4. The Hall–Kier alpha value is -1.91. The highest BCUT2D eigenvalue weighted by Crippen LogP contribution is 2.19. The van der Waals surface area contributed by atoms with Crippen molar-refractivity contribution in [3.8, 4) is 0 Å². The van der Waals surface area contributed by atoms with Gasteiger partial charge in [0.1, 0.15) is 5.82 Å². The fourth-order valence-corrected chi connectivity index (χ4v) is 1.70. The fourth-order valence-electron chi connectivity index (χ4n) is 1.70. The van der Waals surface area contributed by atoms with Crippen molar-refractivity contribution in [2.45, 2.75) is 25.7 Å². The quantitative estimate of drug-likeness (QED) is 0.717. The second-order valence-corrected chi connectivity index (χ2v) is 3.78. The molecule has 0 spiro atoms. The van der Waals surface area contributed by atoms with E-state index in [1.165, 1.54) is 6.20 Å². The second-order valence-electron chi connectivity index (χ2n) is 3.78. The topological polar surface area (TPSA) is 76.3 Å². The average Bonchev–Trinajstić information content (AvgIpc) is 2.42. The van der Waals surface area contributed by atoms with Crippen molar-refractivity contribution in [2.24, 2.45) is 0 Å². The number of hydrogen-bond acceptors (Lipinski definition) is 4. The Kier molecular flexibility index (Phi) is 2.85. The first-order chi connectivity index (χ1) is 7.68. The molecule has 1 aliphatic heterocycles. The summed E-state index contributed by atoms with van der Waals surface area (Å²) in [6.07, 6.45) is 3.77. The van der Waals surface area contributed by atoms with Crippen LogP contribution >= 0.6 is 0 Å².